The van der Waals surface area contributed by atoms with E-state index in [9.17, 15) is 0 Å². The van der Waals surface area contributed by atoms with Crippen molar-refractivity contribution in [1.82, 2.24) is 14.4 Å². The smallest absolute Gasteiger partial charge is 0.150 e. The van der Waals surface area contributed by atoms with Gasteiger partial charge in [-0.25, -0.2) is 9.97 Å². The molecule has 2 aliphatic rings. The van der Waals surface area contributed by atoms with Gasteiger partial charge in [0.1, 0.15) is 28.9 Å². The molecule has 0 saturated heterocycles. The fourth-order valence-electron chi connectivity index (χ4n) is 4.55. The Labute approximate surface area is 188 Å². The van der Waals surface area contributed by atoms with E-state index in [1.54, 1.807) is 6.20 Å². The monoisotopic (exact) mass is 430 g/mol. The Bertz CT molecular complexity index is 1160. The largest absolute Gasteiger partial charge is 0.382 e. The summed E-state index contributed by atoms with van der Waals surface area (Å²) >= 11 is 0. The van der Waals surface area contributed by atoms with Crippen molar-refractivity contribution >= 4 is 16.9 Å². The Morgan fingerprint density at radius 1 is 1.22 bits per heavy atom. The number of aromatic nitrogens is 3. The minimum Gasteiger partial charge on any atom is -0.382 e. The number of anilines is 1. The van der Waals surface area contributed by atoms with Gasteiger partial charge in [-0.2, -0.15) is 0 Å². The Kier molecular flexibility index (Phi) is 5.57. The van der Waals surface area contributed by atoms with Gasteiger partial charge in [0.25, 0.3) is 0 Å². The summed E-state index contributed by atoms with van der Waals surface area (Å²) in [4.78, 5) is 9.41. The van der Waals surface area contributed by atoms with Crippen molar-refractivity contribution in [2.75, 3.05) is 12.3 Å². The number of ether oxygens (including phenoxy) is 2. The normalized spacial score (nSPS) is 23.3. The van der Waals surface area contributed by atoms with Crippen LogP contribution >= 0.6 is 0 Å². The summed E-state index contributed by atoms with van der Waals surface area (Å²) in [6.45, 7) is 5.18. The van der Waals surface area contributed by atoms with E-state index >= 15 is 0 Å². The third kappa shape index (κ3) is 3.74. The molecular formula is C26H30N4O2. The highest BCUT2D eigenvalue weighted by Gasteiger charge is 2.36. The van der Waals surface area contributed by atoms with Gasteiger partial charge in [-0.1, -0.05) is 42.8 Å². The Balaban J connectivity index is 1.53. The first-order chi connectivity index (χ1) is 15.6. The first kappa shape index (κ1) is 20.9. The lowest BCUT2D eigenvalue weighted by Crippen LogP contribution is -2.42. The van der Waals surface area contributed by atoms with Gasteiger partial charge in [0.15, 0.2) is 0 Å². The Morgan fingerprint density at radius 3 is 2.75 bits per heavy atom. The quantitative estimate of drug-likeness (QED) is 0.576. The standard InChI is InChI=1S/C26H30N4O2/c1-3-32-26(2)13-12-20(16-21(26)31-17-18-8-5-4-6-9-18)22-23-24(27)28-14-15-30(23)25(29-22)19-10-7-11-19/h4-6,8-9,12-16,19,21H,3,7,10-11,17H2,1-2H3,(H2,27,28). The van der Waals surface area contributed by atoms with E-state index in [2.05, 4.69) is 46.7 Å². The van der Waals surface area contributed by atoms with Crippen LogP contribution in [0.4, 0.5) is 5.82 Å². The molecule has 1 aromatic carbocycles. The molecule has 2 aromatic heterocycles. The molecule has 1 saturated carbocycles. The van der Waals surface area contributed by atoms with Crippen molar-refractivity contribution in [3.63, 3.8) is 0 Å². The molecule has 0 radical (unpaired) electrons. The third-order valence-electron chi connectivity index (χ3n) is 6.57. The predicted molar refractivity (Wildman–Crippen MR) is 126 cm³/mol. The lowest BCUT2D eigenvalue weighted by atomic mass is 9.85. The van der Waals surface area contributed by atoms with Crippen LogP contribution < -0.4 is 5.73 Å². The van der Waals surface area contributed by atoms with Crippen LogP contribution in [0.5, 0.6) is 0 Å². The number of nitrogens with two attached hydrogens (primary N) is 1. The number of nitrogens with zero attached hydrogens (tertiary/aromatic N) is 3. The van der Waals surface area contributed by atoms with Crippen molar-refractivity contribution in [3.8, 4) is 0 Å². The summed E-state index contributed by atoms with van der Waals surface area (Å²) in [5.41, 5.74) is 9.62. The van der Waals surface area contributed by atoms with E-state index in [0.29, 0.717) is 24.9 Å². The lowest BCUT2D eigenvalue weighted by molar-refractivity contribution is -0.0919. The highest BCUT2D eigenvalue weighted by atomic mass is 16.5. The molecule has 3 aromatic rings. The van der Waals surface area contributed by atoms with Gasteiger partial charge >= 0.3 is 0 Å². The predicted octanol–water partition coefficient (Wildman–Crippen LogP) is 4.91. The average molecular weight is 431 g/mol. The SMILES string of the molecule is CCOC1(C)C=CC(c2nc(C3CCC3)n3ccnc(N)c23)=CC1OCc1ccccc1. The van der Waals surface area contributed by atoms with E-state index in [1.165, 1.54) is 19.3 Å². The van der Waals surface area contributed by atoms with Crippen LogP contribution in [0.3, 0.4) is 0 Å². The first-order valence-corrected chi connectivity index (χ1v) is 11.4. The molecule has 6 heteroatoms. The zero-order valence-electron chi connectivity index (χ0n) is 18.7. The lowest BCUT2D eigenvalue weighted by Gasteiger charge is -2.36. The van der Waals surface area contributed by atoms with Crippen molar-refractivity contribution in [2.45, 2.75) is 57.3 Å². The molecule has 0 spiro atoms. The second kappa shape index (κ2) is 8.52. The van der Waals surface area contributed by atoms with Crippen LogP contribution in [0.2, 0.25) is 0 Å². The second-order valence-corrected chi connectivity index (χ2v) is 8.77. The molecule has 2 N–H and O–H groups in total. The van der Waals surface area contributed by atoms with Gasteiger partial charge in [-0.3, -0.25) is 4.40 Å². The van der Waals surface area contributed by atoms with E-state index in [0.717, 1.165) is 28.2 Å². The zero-order chi connectivity index (χ0) is 22.1. The number of imidazole rings is 1. The molecule has 2 atom stereocenters. The summed E-state index contributed by atoms with van der Waals surface area (Å²) in [6.07, 6.45) is 13.3. The van der Waals surface area contributed by atoms with Gasteiger partial charge in [0.05, 0.1) is 12.3 Å². The van der Waals surface area contributed by atoms with Gasteiger partial charge in [0.2, 0.25) is 0 Å². The van der Waals surface area contributed by atoms with E-state index in [4.69, 9.17) is 20.2 Å². The number of fused-ring (bicyclic) bond motifs is 1. The minimum atomic E-state index is -0.552. The minimum absolute atomic E-state index is 0.260. The zero-order valence-corrected chi connectivity index (χ0v) is 18.7. The highest BCUT2D eigenvalue weighted by molar-refractivity contribution is 5.88. The van der Waals surface area contributed by atoms with Crippen molar-refractivity contribution < 1.29 is 9.47 Å². The molecule has 1 fully saturated rings. The van der Waals surface area contributed by atoms with Gasteiger partial charge < -0.3 is 15.2 Å². The molecule has 0 aliphatic heterocycles. The Morgan fingerprint density at radius 2 is 2.03 bits per heavy atom. The van der Waals surface area contributed by atoms with Crippen LogP contribution in [0.15, 0.2) is 61.0 Å². The number of hydrogen-bond acceptors (Lipinski definition) is 5. The van der Waals surface area contributed by atoms with Gasteiger partial charge in [0, 0.05) is 30.5 Å². The molecule has 166 valence electrons. The molecular weight excluding hydrogens is 400 g/mol. The van der Waals surface area contributed by atoms with Crippen LogP contribution in [0.25, 0.3) is 11.1 Å². The van der Waals surface area contributed by atoms with Crippen LogP contribution in [0, 0.1) is 0 Å². The molecule has 0 amide bonds. The number of allylic oxidation sites excluding steroid dienone is 2. The molecule has 2 aliphatic carbocycles. The average Bonchev–Trinajstić information content (AvgIpc) is 3.13. The second-order valence-electron chi connectivity index (χ2n) is 8.77. The molecule has 5 rings (SSSR count). The molecule has 0 bridgehead atoms. The van der Waals surface area contributed by atoms with Crippen molar-refractivity contribution in [1.29, 1.82) is 0 Å². The summed E-state index contributed by atoms with van der Waals surface area (Å²) in [6, 6.07) is 10.2. The van der Waals surface area contributed by atoms with E-state index < -0.39 is 5.60 Å². The maximum Gasteiger partial charge on any atom is 0.150 e. The molecule has 2 unspecified atom stereocenters. The molecule has 32 heavy (non-hydrogen) atoms. The number of rotatable bonds is 7. The third-order valence-corrected chi connectivity index (χ3v) is 6.57. The van der Waals surface area contributed by atoms with Gasteiger partial charge in [-0.15, -0.1) is 0 Å². The number of benzene rings is 1. The van der Waals surface area contributed by atoms with Crippen molar-refractivity contribution in [2.24, 2.45) is 0 Å². The maximum atomic E-state index is 6.38. The topological polar surface area (TPSA) is 74.7 Å². The maximum absolute atomic E-state index is 6.38. The van der Waals surface area contributed by atoms with Crippen LogP contribution in [-0.4, -0.2) is 32.7 Å². The number of nitrogen functional groups attached to an aromatic ring is 1. The Hall–Kier alpha value is -2.96. The molecule has 2 heterocycles. The highest BCUT2D eigenvalue weighted by Crippen LogP contribution is 2.40. The summed E-state index contributed by atoms with van der Waals surface area (Å²) in [7, 11) is 0. The summed E-state index contributed by atoms with van der Waals surface area (Å²) in [5, 5.41) is 0. The fraction of sp³-hybridized carbons (Fsp3) is 0.385. The number of hydrogen-bond donors (Lipinski definition) is 1. The fourth-order valence-corrected chi connectivity index (χ4v) is 4.55. The van der Waals surface area contributed by atoms with Gasteiger partial charge in [-0.05, 0) is 44.4 Å². The van der Waals surface area contributed by atoms with E-state index in [1.807, 2.05) is 31.3 Å². The first-order valence-electron chi connectivity index (χ1n) is 11.4. The molecule has 6 nitrogen and oxygen atoms in total. The summed E-state index contributed by atoms with van der Waals surface area (Å²) in [5.74, 6) is 2.05. The van der Waals surface area contributed by atoms with Crippen molar-refractivity contribution in [3.05, 3.63) is 78.0 Å². The van der Waals surface area contributed by atoms with Crippen LogP contribution in [0.1, 0.15) is 56.1 Å². The van der Waals surface area contributed by atoms with Crippen LogP contribution in [-0.2, 0) is 16.1 Å². The summed E-state index contributed by atoms with van der Waals surface area (Å²) < 4.78 is 14.6. The van der Waals surface area contributed by atoms with E-state index in [-0.39, 0.29) is 6.10 Å².